The van der Waals surface area contributed by atoms with Crippen LogP contribution in [0.5, 0.6) is 5.75 Å². The van der Waals surface area contributed by atoms with Crippen molar-refractivity contribution in [3.63, 3.8) is 0 Å². The quantitative estimate of drug-likeness (QED) is 0.541. The normalized spacial score (nSPS) is 11.1. The van der Waals surface area contributed by atoms with Crippen molar-refractivity contribution >= 4 is 12.1 Å². The maximum atomic E-state index is 12.4. The summed E-state index contributed by atoms with van der Waals surface area (Å²) in [5.41, 5.74) is 8.62. The van der Waals surface area contributed by atoms with Gasteiger partial charge in [0.2, 0.25) is 0 Å². The molecule has 5 heteroatoms. The maximum Gasteiger partial charge on any atom is 0.271 e. The van der Waals surface area contributed by atoms with E-state index in [0.717, 1.165) is 33.8 Å². The molecule has 0 fully saturated rings. The number of aromatic nitrogens is 1. The van der Waals surface area contributed by atoms with Gasteiger partial charge in [-0.25, -0.2) is 5.43 Å². The lowest BCUT2D eigenvalue weighted by Crippen LogP contribution is -2.18. The molecule has 138 valence electrons. The molecule has 1 aromatic heterocycles. The van der Waals surface area contributed by atoms with Crippen molar-refractivity contribution < 1.29 is 9.90 Å². The Balaban J connectivity index is 1.76. The molecule has 0 bridgehead atoms. The molecule has 0 saturated heterocycles. The van der Waals surface area contributed by atoms with Gasteiger partial charge in [0, 0.05) is 22.6 Å². The molecule has 1 heterocycles. The Labute approximate surface area is 159 Å². The Bertz CT molecular complexity index is 989. The molecule has 0 saturated carbocycles. The van der Waals surface area contributed by atoms with Crippen LogP contribution in [0.25, 0.3) is 5.69 Å². The van der Waals surface area contributed by atoms with Crippen molar-refractivity contribution in [1.82, 2.24) is 9.99 Å². The van der Waals surface area contributed by atoms with Crippen molar-refractivity contribution in [2.24, 2.45) is 5.10 Å². The highest BCUT2D eigenvalue weighted by Crippen LogP contribution is 2.22. The third-order valence-electron chi connectivity index (χ3n) is 4.53. The molecule has 0 aliphatic heterocycles. The topological polar surface area (TPSA) is 66.6 Å². The van der Waals surface area contributed by atoms with Crippen molar-refractivity contribution in [2.45, 2.75) is 27.7 Å². The first kappa shape index (κ1) is 18.5. The molecule has 0 spiro atoms. The van der Waals surface area contributed by atoms with Crippen molar-refractivity contribution in [3.05, 3.63) is 82.2 Å². The highest BCUT2D eigenvalue weighted by molar-refractivity contribution is 5.95. The summed E-state index contributed by atoms with van der Waals surface area (Å²) in [6, 6.07) is 15.2. The van der Waals surface area contributed by atoms with Crippen LogP contribution in [-0.2, 0) is 0 Å². The Morgan fingerprint density at radius 1 is 1.00 bits per heavy atom. The lowest BCUT2D eigenvalue weighted by molar-refractivity contribution is 0.0955. The van der Waals surface area contributed by atoms with E-state index in [9.17, 15) is 9.90 Å². The molecule has 0 radical (unpaired) electrons. The number of hydrazone groups is 1. The first-order valence-corrected chi connectivity index (χ1v) is 8.76. The molecule has 3 aromatic rings. The molecule has 3 rings (SSSR count). The summed E-state index contributed by atoms with van der Waals surface area (Å²) in [4.78, 5) is 12.4. The van der Waals surface area contributed by atoms with Gasteiger partial charge in [-0.05, 0) is 86.8 Å². The summed E-state index contributed by atoms with van der Waals surface area (Å²) in [6.07, 6.45) is 1.57. The second-order valence-electron chi connectivity index (χ2n) is 6.70. The van der Waals surface area contributed by atoms with Gasteiger partial charge in [0.25, 0.3) is 5.91 Å². The van der Waals surface area contributed by atoms with Crippen LogP contribution in [-0.4, -0.2) is 21.8 Å². The molecule has 0 atom stereocenters. The number of nitrogens with zero attached hydrogens (tertiary/aromatic N) is 2. The number of amides is 1. The Morgan fingerprint density at radius 3 is 2.26 bits per heavy atom. The predicted octanol–water partition coefficient (Wildman–Crippen LogP) is 4.18. The van der Waals surface area contributed by atoms with Crippen LogP contribution in [0.3, 0.4) is 0 Å². The van der Waals surface area contributed by atoms with E-state index in [4.69, 9.17) is 0 Å². The van der Waals surface area contributed by atoms with Gasteiger partial charge in [0.1, 0.15) is 5.75 Å². The van der Waals surface area contributed by atoms with E-state index in [0.29, 0.717) is 5.56 Å². The average Bonchev–Trinajstić information content (AvgIpc) is 2.98. The Hall–Kier alpha value is -3.34. The van der Waals surface area contributed by atoms with Gasteiger partial charge in [0.05, 0.1) is 6.21 Å². The molecular weight excluding hydrogens is 338 g/mol. The Kier molecular flexibility index (Phi) is 5.12. The fourth-order valence-electron chi connectivity index (χ4n) is 3.16. The number of nitrogens with one attached hydrogen (secondary N) is 1. The fourth-order valence-corrected chi connectivity index (χ4v) is 3.16. The van der Waals surface area contributed by atoms with E-state index in [1.165, 1.54) is 0 Å². The third-order valence-corrected chi connectivity index (χ3v) is 4.53. The zero-order valence-electron chi connectivity index (χ0n) is 15.9. The van der Waals surface area contributed by atoms with E-state index >= 15 is 0 Å². The van der Waals surface area contributed by atoms with Crippen molar-refractivity contribution in [3.8, 4) is 11.4 Å². The number of carbonyl (C=O) groups is 1. The van der Waals surface area contributed by atoms with Crippen LogP contribution in [0, 0.1) is 27.7 Å². The first-order chi connectivity index (χ1) is 12.9. The van der Waals surface area contributed by atoms with Gasteiger partial charge in [-0.1, -0.05) is 6.07 Å². The van der Waals surface area contributed by atoms with E-state index in [2.05, 4.69) is 15.1 Å². The summed E-state index contributed by atoms with van der Waals surface area (Å²) in [6.45, 7) is 7.72. The summed E-state index contributed by atoms with van der Waals surface area (Å²) < 4.78 is 2.10. The SMILES string of the molecule is Cc1cc(C=NNC(=O)c2cccc(-n3c(C)ccc3C)c2)cc(C)c1O. The molecule has 1 amide bonds. The van der Waals surface area contributed by atoms with E-state index in [1.807, 2.05) is 70.2 Å². The Morgan fingerprint density at radius 2 is 1.63 bits per heavy atom. The van der Waals surface area contributed by atoms with Crippen molar-refractivity contribution in [1.29, 1.82) is 0 Å². The predicted molar refractivity (Wildman–Crippen MR) is 108 cm³/mol. The van der Waals surface area contributed by atoms with Gasteiger partial charge in [-0.2, -0.15) is 5.10 Å². The van der Waals surface area contributed by atoms with E-state index < -0.39 is 0 Å². The first-order valence-electron chi connectivity index (χ1n) is 8.76. The summed E-state index contributed by atoms with van der Waals surface area (Å²) in [5.74, 6) is 0.00591. The van der Waals surface area contributed by atoms with Crippen LogP contribution in [0.4, 0.5) is 0 Å². The molecular formula is C22H23N3O2. The third kappa shape index (κ3) is 3.92. The number of hydrogen-bond donors (Lipinski definition) is 2. The zero-order chi connectivity index (χ0) is 19.6. The zero-order valence-corrected chi connectivity index (χ0v) is 15.9. The molecule has 2 aromatic carbocycles. The highest BCUT2D eigenvalue weighted by atomic mass is 16.3. The van der Waals surface area contributed by atoms with Crippen LogP contribution in [0.1, 0.15) is 38.4 Å². The van der Waals surface area contributed by atoms with Crippen LogP contribution in [0.15, 0.2) is 53.6 Å². The minimum Gasteiger partial charge on any atom is -0.507 e. The number of phenolic OH excluding ortho intramolecular Hbond substituents is 1. The minimum absolute atomic E-state index is 0.275. The highest BCUT2D eigenvalue weighted by Gasteiger charge is 2.09. The summed E-state index contributed by atoms with van der Waals surface area (Å²) >= 11 is 0. The minimum atomic E-state index is -0.275. The number of hydrogen-bond acceptors (Lipinski definition) is 3. The van der Waals surface area contributed by atoms with Gasteiger partial charge >= 0.3 is 0 Å². The second-order valence-corrected chi connectivity index (χ2v) is 6.70. The molecule has 2 N–H and O–H groups in total. The number of benzene rings is 2. The number of phenols is 1. The molecule has 0 unspecified atom stereocenters. The van der Waals surface area contributed by atoms with Gasteiger partial charge in [0.15, 0.2) is 0 Å². The van der Waals surface area contributed by atoms with Gasteiger partial charge in [-0.3, -0.25) is 4.79 Å². The van der Waals surface area contributed by atoms with Crippen molar-refractivity contribution in [2.75, 3.05) is 0 Å². The molecule has 0 aliphatic carbocycles. The van der Waals surface area contributed by atoms with Crippen LogP contribution >= 0.6 is 0 Å². The molecule has 27 heavy (non-hydrogen) atoms. The lowest BCUT2D eigenvalue weighted by Gasteiger charge is -2.10. The number of carbonyl (C=O) groups excluding carboxylic acids is 1. The average molecular weight is 361 g/mol. The molecule has 0 aliphatic rings. The lowest BCUT2D eigenvalue weighted by atomic mass is 10.1. The van der Waals surface area contributed by atoms with E-state index in [1.54, 1.807) is 12.3 Å². The van der Waals surface area contributed by atoms with E-state index in [-0.39, 0.29) is 11.7 Å². The maximum absolute atomic E-state index is 12.4. The fraction of sp³-hybridized carbons (Fsp3) is 0.182. The standard InChI is InChI=1S/C22H23N3O2/c1-14-10-18(11-15(2)21(14)26)13-23-24-22(27)19-6-5-7-20(12-19)25-16(3)8-9-17(25)4/h5-13,26H,1-4H3,(H,24,27). The van der Waals surface area contributed by atoms with Gasteiger partial charge in [-0.15, -0.1) is 0 Å². The summed E-state index contributed by atoms with van der Waals surface area (Å²) in [7, 11) is 0. The van der Waals surface area contributed by atoms with Crippen LogP contribution in [0.2, 0.25) is 0 Å². The monoisotopic (exact) mass is 361 g/mol. The molecule has 5 nitrogen and oxygen atoms in total. The number of rotatable bonds is 4. The van der Waals surface area contributed by atoms with Gasteiger partial charge < -0.3 is 9.67 Å². The number of aromatic hydroxyl groups is 1. The number of aryl methyl sites for hydroxylation is 4. The second kappa shape index (κ2) is 7.50. The van der Waals surface area contributed by atoms with Crippen LogP contribution < -0.4 is 5.43 Å². The largest absolute Gasteiger partial charge is 0.507 e. The smallest absolute Gasteiger partial charge is 0.271 e. The summed E-state index contributed by atoms with van der Waals surface area (Å²) in [5, 5.41) is 13.9.